The molecule has 0 aliphatic carbocycles. The minimum absolute atomic E-state index is 0.128. The summed E-state index contributed by atoms with van der Waals surface area (Å²) in [6.07, 6.45) is 0. The van der Waals surface area contributed by atoms with Gasteiger partial charge in [-0.25, -0.2) is 9.36 Å². The summed E-state index contributed by atoms with van der Waals surface area (Å²) in [7, 11) is 1.33. The van der Waals surface area contributed by atoms with E-state index in [-0.39, 0.29) is 11.7 Å². The number of carbonyl (C=O) groups excluding carboxylic acids is 1. The van der Waals surface area contributed by atoms with Crippen LogP contribution in [0.5, 0.6) is 0 Å². The van der Waals surface area contributed by atoms with Crippen molar-refractivity contribution in [3.8, 4) is 5.95 Å². The third-order valence-corrected chi connectivity index (χ3v) is 3.31. The van der Waals surface area contributed by atoms with Crippen LogP contribution >= 0.6 is 11.8 Å². The molecule has 0 aromatic carbocycles. The summed E-state index contributed by atoms with van der Waals surface area (Å²) in [6, 6.07) is 1.91. The van der Waals surface area contributed by atoms with Crippen LogP contribution < -0.4 is 5.84 Å². The van der Waals surface area contributed by atoms with E-state index < -0.39 is 0 Å². The first-order valence-corrected chi connectivity index (χ1v) is 6.45. The van der Waals surface area contributed by atoms with Gasteiger partial charge in [-0.05, 0) is 19.9 Å². The van der Waals surface area contributed by atoms with Crippen LogP contribution in [0.2, 0.25) is 0 Å². The molecule has 2 heterocycles. The van der Waals surface area contributed by atoms with Crippen molar-refractivity contribution in [2.75, 3.05) is 18.7 Å². The summed E-state index contributed by atoms with van der Waals surface area (Å²) < 4.78 is 7.45. The van der Waals surface area contributed by atoms with E-state index in [1.54, 1.807) is 4.68 Å². The number of esters is 1. The molecule has 0 radical (unpaired) electrons. The average molecular weight is 282 g/mol. The van der Waals surface area contributed by atoms with Crippen molar-refractivity contribution in [3.63, 3.8) is 0 Å². The molecule has 0 aliphatic heterocycles. The molecule has 2 aromatic heterocycles. The topological polar surface area (TPSA) is 101 Å². The smallest absolute Gasteiger partial charge is 0.316 e. The number of aryl methyl sites for hydroxylation is 2. The molecule has 0 saturated heterocycles. The van der Waals surface area contributed by atoms with Gasteiger partial charge in [0.1, 0.15) is 0 Å². The maximum Gasteiger partial charge on any atom is 0.316 e. The van der Waals surface area contributed by atoms with Gasteiger partial charge in [0, 0.05) is 5.69 Å². The van der Waals surface area contributed by atoms with E-state index in [1.807, 2.05) is 19.9 Å². The largest absolute Gasteiger partial charge is 0.468 e. The number of ether oxygens (including phenoxy) is 1. The Hall–Kier alpha value is -2.03. The Morgan fingerprint density at radius 3 is 2.79 bits per heavy atom. The van der Waals surface area contributed by atoms with Gasteiger partial charge in [0.25, 0.3) is 5.95 Å². The Morgan fingerprint density at radius 2 is 2.21 bits per heavy atom. The van der Waals surface area contributed by atoms with Crippen LogP contribution in [0, 0.1) is 13.8 Å². The minimum atomic E-state index is -0.347. The first-order chi connectivity index (χ1) is 9.02. The van der Waals surface area contributed by atoms with Crippen molar-refractivity contribution in [2.24, 2.45) is 0 Å². The lowest BCUT2D eigenvalue weighted by Crippen LogP contribution is -2.17. The lowest BCUT2D eigenvalue weighted by molar-refractivity contribution is -0.137. The molecule has 0 bridgehead atoms. The highest BCUT2D eigenvalue weighted by Gasteiger charge is 2.15. The molecule has 19 heavy (non-hydrogen) atoms. The highest BCUT2D eigenvalue weighted by molar-refractivity contribution is 7.99. The fourth-order valence-corrected chi connectivity index (χ4v) is 2.21. The van der Waals surface area contributed by atoms with Gasteiger partial charge < -0.3 is 10.6 Å². The molecule has 0 fully saturated rings. The molecule has 0 aliphatic rings. The van der Waals surface area contributed by atoms with Crippen LogP contribution in [0.15, 0.2) is 11.2 Å². The predicted octanol–water partition coefficient (Wildman–Crippen LogP) is 0.0595. The van der Waals surface area contributed by atoms with Crippen LogP contribution in [-0.4, -0.2) is 43.5 Å². The maximum atomic E-state index is 11.1. The Kier molecular flexibility index (Phi) is 3.74. The number of rotatable bonds is 4. The standard InChI is InChI=1S/C10H14N6O2S/c1-6-4-7(2)16(14-6)9-12-13-10(15(9)11)19-5-8(17)18-3/h4H,5,11H2,1-3H3. The normalized spacial score (nSPS) is 10.7. The van der Waals surface area contributed by atoms with Crippen LogP contribution in [0.3, 0.4) is 0 Å². The summed E-state index contributed by atoms with van der Waals surface area (Å²) in [5.74, 6) is 6.08. The first-order valence-electron chi connectivity index (χ1n) is 5.46. The van der Waals surface area contributed by atoms with Gasteiger partial charge in [-0.2, -0.15) is 5.10 Å². The highest BCUT2D eigenvalue weighted by atomic mass is 32.2. The Labute approximate surface area is 113 Å². The number of nitrogens with zero attached hydrogens (tertiary/aromatic N) is 5. The maximum absolute atomic E-state index is 11.1. The number of thioether (sulfide) groups is 1. The van der Waals surface area contributed by atoms with Crippen molar-refractivity contribution < 1.29 is 9.53 Å². The average Bonchev–Trinajstić information content (AvgIpc) is 2.89. The van der Waals surface area contributed by atoms with Gasteiger partial charge in [-0.3, -0.25) is 4.79 Å². The van der Waals surface area contributed by atoms with E-state index in [9.17, 15) is 4.79 Å². The van der Waals surface area contributed by atoms with Crippen molar-refractivity contribution in [1.29, 1.82) is 0 Å². The zero-order chi connectivity index (χ0) is 14.0. The van der Waals surface area contributed by atoms with E-state index in [4.69, 9.17) is 5.84 Å². The van der Waals surface area contributed by atoms with Gasteiger partial charge in [0.2, 0.25) is 5.16 Å². The van der Waals surface area contributed by atoms with E-state index >= 15 is 0 Å². The van der Waals surface area contributed by atoms with Gasteiger partial charge in [0.05, 0.1) is 18.6 Å². The monoisotopic (exact) mass is 282 g/mol. The fraction of sp³-hybridized carbons (Fsp3) is 0.400. The molecule has 2 N–H and O–H groups in total. The number of carbonyl (C=O) groups is 1. The van der Waals surface area contributed by atoms with Gasteiger partial charge in [-0.15, -0.1) is 10.2 Å². The summed E-state index contributed by atoms with van der Waals surface area (Å²) in [5.41, 5.74) is 1.77. The van der Waals surface area contributed by atoms with Gasteiger partial charge >= 0.3 is 5.97 Å². The Balaban J connectivity index is 2.23. The molecule has 102 valence electrons. The van der Waals surface area contributed by atoms with E-state index in [1.165, 1.54) is 11.8 Å². The molecule has 0 spiro atoms. The second-order valence-corrected chi connectivity index (χ2v) is 4.80. The molecule has 2 aromatic rings. The molecule has 0 amide bonds. The zero-order valence-corrected chi connectivity index (χ0v) is 11.6. The minimum Gasteiger partial charge on any atom is -0.468 e. The molecule has 0 atom stereocenters. The summed E-state index contributed by atoms with van der Waals surface area (Å²) in [5, 5.41) is 12.6. The van der Waals surface area contributed by atoms with Crippen molar-refractivity contribution in [3.05, 3.63) is 17.5 Å². The predicted molar refractivity (Wildman–Crippen MR) is 69.5 cm³/mol. The number of nitrogen functional groups attached to an aromatic ring is 1. The molecular formula is C10H14N6O2S. The molecule has 0 saturated carbocycles. The van der Waals surface area contributed by atoms with E-state index in [0.29, 0.717) is 11.1 Å². The van der Waals surface area contributed by atoms with E-state index in [2.05, 4.69) is 20.0 Å². The van der Waals surface area contributed by atoms with Crippen LogP contribution in [0.4, 0.5) is 0 Å². The second kappa shape index (κ2) is 5.31. The van der Waals surface area contributed by atoms with Crippen molar-refractivity contribution in [2.45, 2.75) is 19.0 Å². The molecule has 8 nitrogen and oxygen atoms in total. The number of aromatic nitrogens is 5. The van der Waals surface area contributed by atoms with Crippen LogP contribution in [0.25, 0.3) is 5.95 Å². The van der Waals surface area contributed by atoms with Gasteiger partial charge in [0.15, 0.2) is 0 Å². The Bertz CT molecular complexity index is 605. The highest BCUT2D eigenvalue weighted by Crippen LogP contribution is 2.17. The lowest BCUT2D eigenvalue weighted by atomic mass is 10.4. The van der Waals surface area contributed by atoms with Gasteiger partial charge in [-0.1, -0.05) is 11.8 Å². The summed E-state index contributed by atoms with van der Waals surface area (Å²) >= 11 is 1.16. The van der Waals surface area contributed by atoms with Crippen molar-refractivity contribution >= 4 is 17.7 Å². The number of hydrogen-bond acceptors (Lipinski definition) is 7. The van der Waals surface area contributed by atoms with E-state index in [0.717, 1.165) is 23.1 Å². The lowest BCUT2D eigenvalue weighted by Gasteiger charge is -2.04. The first kappa shape index (κ1) is 13.4. The fourth-order valence-electron chi connectivity index (χ4n) is 1.53. The molecular weight excluding hydrogens is 268 g/mol. The molecule has 9 heteroatoms. The van der Waals surface area contributed by atoms with Crippen molar-refractivity contribution in [1.82, 2.24) is 24.7 Å². The van der Waals surface area contributed by atoms with Crippen LogP contribution in [-0.2, 0) is 9.53 Å². The number of methoxy groups -OCH3 is 1. The zero-order valence-electron chi connectivity index (χ0n) is 10.8. The summed E-state index contributed by atoms with van der Waals surface area (Å²) in [4.78, 5) is 11.1. The molecule has 0 unspecified atom stereocenters. The third-order valence-electron chi connectivity index (χ3n) is 2.39. The number of nitrogens with two attached hydrogens (primary N) is 1. The second-order valence-electron chi connectivity index (χ2n) is 3.86. The SMILES string of the molecule is COC(=O)CSc1nnc(-n2nc(C)cc2C)n1N. The quantitative estimate of drug-likeness (QED) is 0.480. The Morgan fingerprint density at radius 1 is 1.47 bits per heavy atom. The van der Waals surface area contributed by atoms with Crippen LogP contribution in [0.1, 0.15) is 11.4 Å². The summed E-state index contributed by atoms with van der Waals surface area (Å²) in [6.45, 7) is 3.78. The number of hydrogen-bond donors (Lipinski definition) is 1. The molecule has 2 rings (SSSR count). The third kappa shape index (κ3) is 2.70.